The number of nitrogens with zero attached hydrogens (tertiary/aromatic N) is 2. The Morgan fingerprint density at radius 2 is 1.96 bits per heavy atom. The maximum Gasteiger partial charge on any atom is 0.163 e. The van der Waals surface area contributed by atoms with Crippen LogP contribution in [-0.2, 0) is 4.74 Å². The number of hydrogen-bond acceptors (Lipinski definition) is 5. The average Bonchev–Trinajstić information content (AvgIpc) is 2.59. The Hall–Kier alpha value is -1.27. The molecule has 1 aliphatic rings. The number of aromatic nitrogens is 1. The van der Waals surface area contributed by atoms with E-state index in [0.717, 1.165) is 44.7 Å². The van der Waals surface area contributed by atoms with Crippen LogP contribution in [0.5, 0.6) is 11.5 Å². The molecule has 0 saturated carbocycles. The maximum atomic E-state index is 6.22. The fourth-order valence-corrected chi connectivity index (χ4v) is 3.24. The third-order valence-electron chi connectivity index (χ3n) is 3.99. The smallest absolute Gasteiger partial charge is 0.163 e. The van der Waals surface area contributed by atoms with E-state index in [1.807, 2.05) is 12.1 Å². The highest BCUT2D eigenvalue weighted by atomic mass is 35.5. The van der Waals surface area contributed by atoms with Crippen molar-refractivity contribution >= 4 is 34.1 Å². The molecule has 1 aromatic heterocycles. The SMILES string of the molecule is COc1cc2c(Cl)cc(Cl)nc2cc1OCCCN1CCOCC1. The van der Waals surface area contributed by atoms with Crippen molar-refractivity contribution in [3.05, 3.63) is 28.4 Å². The summed E-state index contributed by atoms with van der Waals surface area (Å²) in [6, 6.07) is 5.27. The third kappa shape index (κ3) is 4.22. The van der Waals surface area contributed by atoms with Gasteiger partial charge in [0.15, 0.2) is 11.5 Å². The van der Waals surface area contributed by atoms with Crippen LogP contribution in [0.2, 0.25) is 10.2 Å². The molecule has 0 atom stereocenters. The Morgan fingerprint density at radius 3 is 2.71 bits per heavy atom. The zero-order valence-corrected chi connectivity index (χ0v) is 15.1. The predicted octanol–water partition coefficient (Wildman–Crippen LogP) is 3.65. The van der Waals surface area contributed by atoms with Gasteiger partial charge in [0.2, 0.25) is 0 Å². The number of pyridine rings is 1. The van der Waals surface area contributed by atoms with Crippen molar-refractivity contribution in [1.82, 2.24) is 9.88 Å². The molecule has 0 N–H and O–H groups in total. The van der Waals surface area contributed by atoms with Crippen LogP contribution >= 0.6 is 23.2 Å². The van der Waals surface area contributed by atoms with Crippen molar-refractivity contribution in [2.45, 2.75) is 6.42 Å². The molecule has 5 nitrogen and oxygen atoms in total. The lowest BCUT2D eigenvalue weighted by Crippen LogP contribution is -2.37. The van der Waals surface area contributed by atoms with Gasteiger partial charge >= 0.3 is 0 Å². The van der Waals surface area contributed by atoms with Crippen molar-refractivity contribution in [2.75, 3.05) is 46.6 Å². The highest BCUT2D eigenvalue weighted by Crippen LogP contribution is 2.35. The summed E-state index contributed by atoms with van der Waals surface area (Å²) in [6.07, 6.45) is 0.935. The number of ether oxygens (including phenoxy) is 3. The van der Waals surface area contributed by atoms with E-state index in [-0.39, 0.29) is 0 Å². The highest BCUT2D eigenvalue weighted by molar-refractivity contribution is 6.37. The molecule has 0 spiro atoms. The van der Waals surface area contributed by atoms with E-state index in [2.05, 4.69) is 9.88 Å². The monoisotopic (exact) mass is 370 g/mol. The van der Waals surface area contributed by atoms with Gasteiger partial charge in [-0.15, -0.1) is 0 Å². The first-order chi connectivity index (χ1) is 11.7. The first kappa shape index (κ1) is 17.5. The molecule has 2 aromatic rings. The third-order valence-corrected chi connectivity index (χ3v) is 4.50. The van der Waals surface area contributed by atoms with E-state index >= 15 is 0 Å². The molecular formula is C17H20Cl2N2O3. The van der Waals surface area contributed by atoms with Crippen molar-refractivity contribution in [3.63, 3.8) is 0 Å². The van der Waals surface area contributed by atoms with Crippen LogP contribution in [0.3, 0.4) is 0 Å². The van der Waals surface area contributed by atoms with Gasteiger partial charge in [0.25, 0.3) is 0 Å². The largest absolute Gasteiger partial charge is 0.493 e. The second-order valence-corrected chi connectivity index (χ2v) is 6.40. The van der Waals surface area contributed by atoms with Gasteiger partial charge in [-0.2, -0.15) is 0 Å². The number of morpholine rings is 1. The molecule has 0 bridgehead atoms. The van der Waals surface area contributed by atoms with E-state index in [4.69, 9.17) is 37.4 Å². The number of rotatable bonds is 6. The molecular weight excluding hydrogens is 351 g/mol. The Bertz CT molecular complexity index is 706. The molecule has 7 heteroatoms. The molecule has 3 rings (SSSR count). The molecule has 24 heavy (non-hydrogen) atoms. The Kier molecular flexibility index (Phi) is 6.00. The normalized spacial score (nSPS) is 15.6. The zero-order chi connectivity index (χ0) is 16.9. The van der Waals surface area contributed by atoms with Crippen LogP contribution in [0.4, 0.5) is 0 Å². The summed E-state index contributed by atoms with van der Waals surface area (Å²) in [4.78, 5) is 6.68. The fourth-order valence-electron chi connectivity index (χ4n) is 2.73. The predicted molar refractivity (Wildman–Crippen MR) is 95.7 cm³/mol. The molecule has 2 heterocycles. The minimum Gasteiger partial charge on any atom is -0.493 e. The van der Waals surface area contributed by atoms with Gasteiger partial charge in [-0.25, -0.2) is 4.98 Å². The minimum atomic E-state index is 0.357. The van der Waals surface area contributed by atoms with Crippen molar-refractivity contribution in [3.8, 4) is 11.5 Å². The van der Waals surface area contributed by atoms with E-state index in [9.17, 15) is 0 Å². The van der Waals surface area contributed by atoms with Gasteiger partial charge in [0.1, 0.15) is 5.15 Å². The number of benzene rings is 1. The van der Waals surface area contributed by atoms with Crippen LogP contribution in [0.1, 0.15) is 6.42 Å². The van der Waals surface area contributed by atoms with Crippen molar-refractivity contribution < 1.29 is 14.2 Å². The summed E-state index contributed by atoms with van der Waals surface area (Å²) in [5.41, 5.74) is 0.691. The summed E-state index contributed by atoms with van der Waals surface area (Å²) in [5.74, 6) is 1.29. The minimum absolute atomic E-state index is 0.357. The van der Waals surface area contributed by atoms with Gasteiger partial charge in [-0.05, 0) is 18.6 Å². The number of methoxy groups -OCH3 is 1. The van der Waals surface area contributed by atoms with E-state index in [1.54, 1.807) is 13.2 Å². The van der Waals surface area contributed by atoms with Gasteiger partial charge < -0.3 is 14.2 Å². The van der Waals surface area contributed by atoms with E-state index in [0.29, 0.717) is 33.8 Å². The van der Waals surface area contributed by atoms with Crippen LogP contribution < -0.4 is 9.47 Å². The lowest BCUT2D eigenvalue weighted by Gasteiger charge is -2.26. The summed E-state index contributed by atoms with van der Waals surface area (Å²) in [6.45, 7) is 5.20. The summed E-state index contributed by atoms with van der Waals surface area (Å²) >= 11 is 12.2. The Balaban J connectivity index is 1.66. The van der Waals surface area contributed by atoms with Crippen molar-refractivity contribution in [2.24, 2.45) is 0 Å². The second kappa shape index (κ2) is 8.21. The van der Waals surface area contributed by atoms with Gasteiger partial charge in [-0.3, -0.25) is 4.90 Å². The molecule has 0 amide bonds. The number of hydrogen-bond donors (Lipinski definition) is 0. The highest BCUT2D eigenvalue weighted by Gasteiger charge is 2.12. The molecule has 1 aromatic carbocycles. The Labute approximate surface area is 151 Å². The molecule has 1 saturated heterocycles. The average molecular weight is 371 g/mol. The van der Waals surface area contributed by atoms with Crippen LogP contribution in [-0.4, -0.2) is 56.4 Å². The molecule has 0 aliphatic carbocycles. The summed E-state index contributed by atoms with van der Waals surface area (Å²) < 4.78 is 16.7. The summed E-state index contributed by atoms with van der Waals surface area (Å²) in [5, 5.41) is 1.69. The molecule has 1 fully saturated rings. The van der Waals surface area contributed by atoms with Crippen LogP contribution in [0.15, 0.2) is 18.2 Å². The lowest BCUT2D eigenvalue weighted by atomic mass is 10.2. The fraction of sp³-hybridized carbons (Fsp3) is 0.471. The standard InChI is InChI=1S/C17H20Cl2N2O3/c1-22-15-9-12-13(18)10-17(19)20-14(12)11-16(15)24-6-2-3-21-4-7-23-8-5-21/h9-11H,2-8H2,1H3. The number of halogens is 2. The van der Waals surface area contributed by atoms with Crippen LogP contribution in [0.25, 0.3) is 10.9 Å². The molecule has 130 valence electrons. The van der Waals surface area contributed by atoms with Gasteiger partial charge in [0.05, 0.1) is 37.5 Å². The first-order valence-corrected chi connectivity index (χ1v) is 8.69. The van der Waals surface area contributed by atoms with E-state index < -0.39 is 0 Å². The maximum absolute atomic E-state index is 6.22. The van der Waals surface area contributed by atoms with Gasteiger partial charge in [-0.1, -0.05) is 23.2 Å². The van der Waals surface area contributed by atoms with Crippen LogP contribution in [0, 0.1) is 0 Å². The number of fused-ring (bicyclic) bond motifs is 1. The van der Waals surface area contributed by atoms with Crippen molar-refractivity contribution in [1.29, 1.82) is 0 Å². The zero-order valence-electron chi connectivity index (χ0n) is 13.6. The van der Waals surface area contributed by atoms with E-state index in [1.165, 1.54) is 0 Å². The van der Waals surface area contributed by atoms with Gasteiger partial charge in [0, 0.05) is 31.1 Å². The Morgan fingerprint density at radius 1 is 1.17 bits per heavy atom. The quantitative estimate of drug-likeness (QED) is 0.573. The lowest BCUT2D eigenvalue weighted by molar-refractivity contribution is 0.0357. The second-order valence-electron chi connectivity index (χ2n) is 5.60. The summed E-state index contributed by atoms with van der Waals surface area (Å²) in [7, 11) is 1.61. The molecule has 0 unspecified atom stereocenters. The first-order valence-electron chi connectivity index (χ1n) is 7.94. The molecule has 0 radical (unpaired) electrons. The molecule has 1 aliphatic heterocycles. The topological polar surface area (TPSA) is 43.8 Å².